The Morgan fingerprint density at radius 3 is 2.31 bits per heavy atom. The standard InChI is InChI=1S/C21H20ClNO3/c1-12(2)14-4-6-15(7-5-14)13(3)23-20(24)18-11-16-10-17(22)8-9-19(16)26-21(18)25/h4-13H,1-3H3,(H,23,24)/t13-/m1/s1. The van der Waals surface area contributed by atoms with Gasteiger partial charge in [-0.1, -0.05) is 49.7 Å². The van der Waals surface area contributed by atoms with Crippen molar-refractivity contribution >= 4 is 28.5 Å². The van der Waals surface area contributed by atoms with Gasteiger partial charge in [0.2, 0.25) is 0 Å². The molecule has 1 amide bonds. The van der Waals surface area contributed by atoms with Gasteiger partial charge in [-0.2, -0.15) is 0 Å². The lowest BCUT2D eigenvalue weighted by atomic mass is 9.99. The average Bonchev–Trinajstić information content (AvgIpc) is 2.61. The Labute approximate surface area is 156 Å². The summed E-state index contributed by atoms with van der Waals surface area (Å²) in [5, 5.41) is 3.97. The van der Waals surface area contributed by atoms with Gasteiger partial charge in [0.1, 0.15) is 11.1 Å². The molecule has 1 aromatic heterocycles. The molecule has 1 atom stereocenters. The zero-order valence-corrected chi connectivity index (χ0v) is 15.6. The molecule has 0 aliphatic rings. The number of nitrogens with one attached hydrogen (secondary N) is 1. The third-order valence-corrected chi connectivity index (χ3v) is 4.62. The number of fused-ring (bicyclic) bond motifs is 1. The van der Waals surface area contributed by atoms with Crippen molar-refractivity contribution in [3.05, 3.63) is 80.7 Å². The minimum Gasteiger partial charge on any atom is -0.422 e. The maximum Gasteiger partial charge on any atom is 0.349 e. The van der Waals surface area contributed by atoms with Crippen molar-refractivity contribution in [3.63, 3.8) is 0 Å². The van der Waals surface area contributed by atoms with E-state index < -0.39 is 11.5 Å². The van der Waals surface area contributed by atoms with Crippen LogP contribution >= 0.6 is 11.6 Å². The molecular formula is C21H20ClNO3. The maximum absolute atomic E-state index is 12.5. The summed E-state index contributed by atoms with van der Waals surface area (Å²) >= 11 is 5.97. The molecule has 0 saturated heterocycles. The number of carbonyl (C=O) groups excluding carboxylic acids is 1. The Bertz CT molecular complexity index is 1010. The van der Waals surface area contributed by atoms with E-state index in [1.165, 1.54) is 11.6 Å². The van der Waals surface area contributed by atoms with Gasteiger partial charge >= 0.3 is 5.63 Å². The van der Waals surface area contributed by atoms with Gasteiger partial charge in [-0.05, 0) is 48.2 Å². The Kier molecular flexibility index (Phi) is 5.14. The topological polar surface area (TPSA) is 59.3 Å². The number of hydrogen-bond donors (Lipinski definition) is 1. The molecule has 1 N–H and O–H groups in total. The van der Waals surface area contributed by atoms with Crippen molar-refractivity contribution in [2.45, 2.75) is 32.7 Å². The van der Waals surface area contributed by atoms with E-state index in [9.17, 15) is 9.59 Å². The quantitative estimate of drug-likeness (QED) is 0.654. The van der Waals surface area contributed by atoms with Gasteiger partial charge in [0.25, 0.3) is 5.91 Å². The molecule has 4 nitrogen and oxygen atoms in total. The van der Waals surface area contributed by atoms with Gasteiger partial charge in [0, 0.05) is 10.4 Å². The third-order valence-electron chi connectivity index (χ3n) is 4.39. The van der Waals surface area contributed by atoms with Crippen LogP contribution in [0.4, 0.5) is 0 Å². The van der Waals surface area contributed by atoms with E-state index >= 15 is 0 Å². The van der Waals surface area contributed by atoms with Crippen LogP contribution in [0, 0.1) is 0 Å². The van der Waals surface area contributed by atoms with Crippen LogP contribution < -0.4 is 10.9 Å². The van der Waals surface area contributed by atoms with E-state index in [1.54, 1.807) is 18.2 Å². The molecule has 3 rings (SSSR count). The normalized spacial score (nSPS) is 12.3. The number of halogens is 1. The van der Waals surface area contributed by atoms with Crippen LogP contribution in [0.2, 0.25) is 5.02 Å². The van der Waals surface area contributed by atoms with Crippen LogP contribution in [-0.4, -0.2) is 5.91 Å². The first-order valence-electron chi connectivity index (χ1n) is 8.49. The fourth-order valence-electron chi connectivity index (χ4n) is 2.78. The lowest BCUT2D eigenvalue weighted by Gasteiger charge is -2.15. The van der Waals surface area contributed by atoms with Crippen LogP contribution in [0.1, 0.15) is 54.2 Å². The van der Waals surface area contributed by atoms with Crippen LogP contribution in [-0.2, 0) is 0 Å². The van der Waals surface area contributed by atoms with Crippen LogP contribution in [0.5, 0.6) is 0 Å². The number of hydrogen-bond acceptors (Lipinski definition) is 3. The molecule has 3 aromatic rings. The van der Waals surface area contributed by atoms with Gasteiger partial charge in [0.05, 0.1) is 6.04 Å². The molecule has 0 spiro atoms. The molecule has 2 aromatic carbocycles. The average molecular weight is 370 g/mol. The van der Waals surface area contributed by atoms with Gasteiger partial charge in [-0.15, -0.1) is 0 Å². The second-order valence-corrected chi connectivity index (χ2v) is 7.08. The second kappa shape index (κ2) is 7.34. The molecule has 0 aliphatic carbocycles. The molecule has 0 unspecified atom stereocenters. The molecule has 26 heavy (non-hydrogen) atoms. The Hall–Kier alpha value is -2.59. The first kappa shape index (κ1) is 18.2. The van der Waals surface area contributed by atoms with Gasteiger partial charge in [0.15, 0.2) is 0 Å². The van der Waals surface area contributed by atoms with Gasteiger partial charge < -0.3 is 9.73 Å². The van der Waals surface area contributed by atoms with Crippen molar-refractivity contribution in [2.24, 2.45) is 0 Å². The smallest absolute Gasteiger partial charge is 0.349 e. The largest absolute Gasteiger partial charge is 0.422 e. The van der Waals surface area contributed by atoms with Crippen molar-refractivity contribution in [3.8, 4) is 0 Å². The van der Waals surface area contributed by atoms with Crippen LogP contribution in [0.3, 0.4) is 0 Å². The zero-order chi connectivity index (χ0) is 18.8. The van der Waals surface area contributed by atoms with E-state index in [4.69, 9.17) is 16.0 Å². The number of carbonyl (C=O) groups is 1. The van der Waals surface area contributed by atoms with Crippen molar-refractivity contribution in [1.82, 2.24) is 5.32 Å². The predicted molar refractivity (Wildman–Crippen MR) is 104 cm³/mol. The molecule has 0 saturated carbocycles. The second-order valence-electron chi connectivity index (χ2n) is 6.65. The highest BCUT2D eigenvalue weighted by Gasteiger charge is 2.17. The summed E-state index contributed by atoms with van der Waals surface area (Å²) < 4.78 is 5.22. The molecule has 5 heteroatoms. The van der Waals surface area contributed by atoms with E-state index in [0.29, 0.717) is 21.9 Å². The van der Waals surface area contributed by atoms with Crippen molar-refractivity contribution in [1.29, 1.82) is 0 Å². The first-order valence-corrected chi connectivity index (χ1v) is 8.87. The summed E-state index contributed by atoms with van der Waals surface area (Å²) in [5.41, 5.74) is 1.90. The predicted octanol–water partition coefficient (Wildman–Crippen LogP) is 5.06. The molecule has 0 bridgehead atoms. The maximum atomic E-state index is 12.5. The lowest BCUT2D eigenvalue weighted by Crippen LogP contribution is -2.30. The van der Waals surface area contributed by atoms with E-state index in [0.717, 1.165) is 5.56 Å². The molecule has 0 fully saturated rings. The SMILES string of the molecule is CC(C)c1ccc([C@@H](C)NC(=O)c2cc3cc(Cl)ccc3oc2=O)cc1. The van der Waals surface area contributed by atoms with Crippen LogP contribution in [0.25, 0.3) is 11.0 Å². The molecule has 134 valence electrons. The summed E-state index contributed by atoms with van der Waals surface area (Å²) in [6, 6.07) is 14.3. The number of amides is 1. The lowest BCUT2D eigenvalue weighted by molar-refractivity contribution is 0.0936. The summed E-state index contributed by atoms with van der Waals surface area (Å²) in [6.45, 7) is 6.14. The van der Waals surface area contributed by atoms with Crippen molar-refractivity contribution in [2.75, 3.05) is 0 Å². The fourth-order valence-corrected chi connectivity index (χ4v) is 2.96. The Morgan fingerprint density at radius 2 is 1.65 bits per heavy atom. The van der Waals surface area contributed by atoms with E-state index in [1.807, 2.05) is 19.1 Å². The number of benzene rings is 2. The zero-order valence-electron chi connectivity index (χ0n) is 14.9. The fraction of sp³-hybridized carbons (Fsp3) is 0.238. The molecule has 0 aliphatic heterocycles. The summed E-state index contributed by atoms with van der Waals surface area (Å²) in [4.78, 5) is 24.7. The minimum absolute atomic E-state index is 0.0367. The molecule has 0 radical (unpaired) electrons. The molecule has 1 heterocycles. The first-order chi connectivity index (χ1) is 12.3. The monoisotopic (exact) mass is 369 g/mol. The summed E-state index contributed by atoms with van der Waals surface area (Å²) in [7, 11) is 0. The molecular weight excluding hydrogens is 350 g/mol. The highest BCUT2D eigenvalue weighted by molar-refractivity contribution is 6.31. The third kappa shape index (κ3) is 3.81. The Morgan fingerprint density at radius 1 is 1.00 bits per heavy atom. The summed E-state index contributed by atoms with van der Waals surface area (Å²) in [6.07, 6.45) is 0. The Balaban J connectivity index is 1.84. The van der Waals surface area contributed by atoms with Gasteiger partial charge in [-0.3, -0.25) is 4.79 Å². The van der Waals surface area contributed by atoms with Crippen molar-refractivity contribution < 1.29 is 9.21 Å². The minimum atomic E-state index is -0.667. The highest BCUT2D eigenvalue weighted by Crippen LogP contribution is 2.21. The highest BCUT2D eigenvalue weighted by atomic mass is 35.5. The van der Waals surface area contributed by atoms with E-state index in [2.05, 4.69) is 31.3 Å². The van der Waals surface area contributed by atoms with Crippen LogP contribution in [0.15, 0.2) is 57.7 Å². The number of rotatable bonds is 4. The summed E-state index contributed by atoms with van der Waals surface area (Å²) in [5.74, 6) is -0.0240. The van der Waals surface area contributed by atoms with E-state index in [-0.39, 0.29) is 11.6 Å². The van der Waals surface area contributed by atoms with Gasteiger partial charge in [-0.25, -0.2) is 4.79 Å².